The Bertz CT molecular complexity index is 436. The molecule has 0 spiro atoms. The number of hydrogen-bond acceptors (Lipinski definition) is 2. The van der Waals surface area contributed by atoms with Crippen LogP contribution in [0.4, 0.5) is 8.78 Å². The van der Waals surface area contributed by atoms with E-state index in [0.29, 0.717) is 3.57 Å². The molecule has 1 aromatic carbocycles. The van der Waals surface area contributed by atoms with Crippen LogP contribution in [0.5, 0.6) is 0 Å². The lowest BCUT2D eigenvalue weighted by atomic mass is 10.4. The molecular weight excluding hydrogens is 339 g/mol. The van der Waals surface area contributed by atoms with Crippen LogP contribution in [-0.2, 0) is 10.0 Å². The number of hydrogen-bond donors (Lipinski definition) is 1. The summed E-state index contributed by atoms with van der Waals surface area (Å²) in [7, 11) is -3.82. The van der Waals surface area contributed by atoms with Crippen molar-refractivity contribution in [2.45, 2.75) is 11.3 Å². The molecule has 0 saturated carbocycles. The number of alkyl halides is 2. The van der Waals surface area contributed by atoms with E-state index in [0.717, 1.165) is 0 Å². The second-order valence-electron chi connectivity index (χ2n) is 2.67. The maximum Gasteiger partial charge on any atom is 0.251 e. The van der Waals surface area contributed by atoms with Crippen molar-refractivity contribution in [3.8, 4) is 0 Å². The third-order valence-corrected chi connectivity index (χ3v) is 4.34. The Hall–Kier alpha value is -0.280. The summed E-state index contributed by atoms with van der Waals surface area (Å²) in [5, 5.41) is 0. The Morgan fingerprint density at radius 1 is 1.33 bits per heavy atom. The van der Waals surface area contributed by atoms with Gasteiger partial charge in [0.2, 0.25) is 10.0 Å². The average Bonchev–Trinajstić information content (AvgIpc) is 2.15. The summed E-state index contributed by atoms with van der Waals surface area (Å²) in [6.45, 7) is -0.868. The van der Waals surface area contributed by atoms with Crippen LogP contribution in [0.2, 0.25) is 0 Å². The van der Waals surface area contributed by atoms with Gasteiger partial charge in [0.1, 0.15) is 0 Å². The zero-order chi connectivity index (χ0) is 11.5. The summed E-state index contributed by atoms with van der Waals surface area (Å²) in [5.41, 5.74) is 0. The topological polar surface area (TPSA) is 46.2 Å². The van der Waals surface area contributed by atoms with Gasteiger partial charge in [-0.2, -0.15) is 0 Å². The highest BCUT2D eigenvalue weighted by Crippen LogP contribution is 2.16. The highest BCUT2D eigenvalue weighted by atomic mass is 127. The van der Waals surface area contributed by atoms with Gasteiger partial charge < -0.3 is 0 Å². The predicted octanol–water partition coefficient (Wildman–Crippen LogP) is 1.83. The molecule has 0 aliphatic rings. The molecular formula is C8H8F2INO2S. The standard InChI is InChI=1S/C8H8F2INO2S/c9-8(10)5-12-15(13,14)7-4-2-1-3-6(7)11/h1-4,8,12H,5H2. The van der Waals surface area contributed by atoms with Crippen LogP contribution >= 0.6 is 22.6 Å². The van der Waals surface area contributed by atoms with E-state index < -0.39 is 23.0 Å². The van der Waals surface area contributed by atoms with Gasteiger partial charge in [-0.15, -0.1) is 0 Å². The fourth-order valence-electron chi connectivity index (χ4n) is 0.913. The second-order valence-corrected chi connectivity index (χ2v) is 5.57. The molecule has 0 saturated heterocycles. The van der Waals surface area contributed by atoms with E-state index in [1.807, 2.05) is 27.3 Å². The van der Waals surface area contributed by atoms with E-state index >= 15 is 0 Å². The Kier molecular flexibility index (Phi) is 4.41. The van der Waals surface area contributed by atoms with E-state index in [-0.39, 0.29) is 4.90 Å². The molecule has 0 fully saturated rings. The number of rotatable bonds is 4. The molecule has 1 N–H and O–H groups in total. The molecule has 0 heterocycles. The summed E-state index contributed by atoms with van der Waals surface area (Å²) in [6.07, 6.45) is -2.69. The van der Waals surface area contributed by atoms with Crippen molar-refractivity contribution < 1.29 is 17.2 Å². The summed E-state index contributed by atoms with van der Waals surface area (Å²) < 4.78 is 49.1. The van der Waals surface area contributed by atoms with E-state index in [9.17, 15) is 17.2 Å². The van der Waals surface area contributed by atoms with Crippen molar-refractivity contribution in [1.82, 2.24) is 4.72 Å². The number of benzene rings is 1. The van der Waals surface area contributed by atoms with E-state index in [1.54, 1.807) is 18.2 Å². The summed E-state index contributed by atoms with van der Waals surface area (Å²) >= 11 is 1.84. The van der Waals surface area contributed by atoms with E-state index in [2.05, 4.69) is 0 Å². The highest BCUT2D eigenvalue weighted by Gasteiger charge is 2.18. The quantitative estimate of drug-likeness (QED) is 0.845. The molecule has 1 aromatic rings. The maximum atomic E-state index is 11.9. The second kappa shape index (κ2) is 5.17. The highest BCUT2D eigenvalue weighted by molar-refractivity contribution is 14.1. The Morgan fingerprint density at radius 3 is 2.47 bits per heavy atom. The van der Waals surface area contributed by atoms with Crippen LogP contribution in [0.3, 0.4) is 0 Å². The summed E-state index contributed by atoms with van der Waals surface area (Å²) in [5.74, 6) is 0. The molecule has 0 atom stereocenters. The molecule has 84 valence electrons. The molecule has 0 unspecified atom stereocenters. The molecule has 0 radical (unpaired) electrons. The first kappa shape index (κ1) is 12.8. The van der Waals surface area contributed by atoms with Gasteiger partial charge in [-0.3, -0.25) is 0 Å². The van der Waals surface area contributed by atoms with Crippen LogP contribution in [-0.4, -0.2) is 21.4 Å². The monoisotopic (exact) mass is 347 g/mol. The molecule has 0 aromatic heterocycles. The normalized spacial score (nSPS) is 12.0. The SMILES string of the molecule is O=S(=O)(NCC(F)F)c1ccccc1I. The van der Waals surface area contributed by atoms with Crippen molar-refractivity contribution >= 4 is 32.6 Å². The Morgan fingerprint density at radius 2 is 1.93 bits per heavy atom. The molecule has 0 aliphatic carbocycles. The largest absolute Gasteiger partial charge is 0.251 e. The number of sulfonamides is 1. The molecule has 0 bridgehead atoms. The van der Waals surface area contributed by atoms with Crippen molar-refractivity contribution in [2.24, 2.45) is 0 Å². The van der Waals surface area contributed by atoms with Gasteiger partial charge in [-0.25, -0.2) is 21.9 Å². The average molecular weight is 347 g/mol. The zero-order valence-corrected chi connectivity index (χ0v) is 10.4. The van der Waals surface area contributed by atoms with Crippen molar-refractivity contribution in [3.63, 3.8) is 0 Å². The van der Waals surface area contributed by atoms with Crippen LogP contribution in [0.25, 0.3) is 0 Å². The number of halogens is 3. The minimum atomic E-state index is -3.82. The van der Waals surface area contributed by atoms with Crippen molar-refractivity contribution in [1.29, 1.82) is 0 Å². The summed E-state index contributed by atoms with van der Waals surface area (Å²) in [4.78, 5) is 0.0197. The minimum Gasteiger partial charge on any atom is -0.209 e. The lowest BCUT2D eigenvalue weighted by Crippen LogP contribution is -2.29. The van der Waals surface area contributed by atoms with Gasteiger partial charge in [-0.05, 0) is 34.7 Å². The fourth-order valence-corrected chi connectivity index (χ4v) is 3.25. The van der Waals surface area contributed by atoms with Crippen molar-refractivity contribution in [3.05, 3.63) is 27.8 Å². The lowest BCUT2D eigenvalue weighted by molar-refractivity contribution is 0.153. The lowest BCUT2D eigenvalue weighted by Gasteiger charge is -2.07. The molecule has 3 nitrogen and oxygen atoms in total. The minimum absolute atomic E-state index is 0.0197. The fraction of sp³-hybridized carbons (Fsp3) is 0.250. The van der Waals surface area contributed by atoms with Crippen molar-refractivity contribution in [2.75, 3.05) is 6.54 Å². The maximum absolute atomic E-state index is 11.9. The summed E-state index contributed by atoms with van der Waals surface area (Å²) in [6, 6.07) is 6.18. The molecule has 15 heavy (non-hydrogen) atoms. The Balaban J connectivity index is 2.92. The van der Waals surface area contributed by atoms with Gasteiger partial charge in [0.25, 0.3) is 6.43 Å². The molecule has 0 amide bonds. The van der Waals surface area contributed by atoms with Gasteiger partial charge >= 0.3 is 0 Å². The van der Waals surface area contributed by atoms with Crippen LogP contribution in [0, 0.1) is 3.57 Å². The third kappa shape index (κ3) is 3.65. The van der Waals surface area contributed by atoms with Gasteiger partial charge in [-0.1, -0.05) is 12.1 Å². The van der Waals surface area contributed by atoms with Crippen LogP contribution in [0.1, 0.15) is 0 Å². The van der Waals surface area contributed by atoms with Gasteiger partial charge in [0.15, 0.2) is 0 Å². The first-order valence-electron chi connectivity index (χ1n) is 3.96. The molecule has 0 aliphatic heterocycles. The first-order valence-corrected chi connectivity index (χ1v) is 6.52. The zero-order valence-electron chi connectivity index (χ0n) is 7.45. The molecule has 7 heteroatoms. The first-order chi connectivity index (χ1) is 6.93. The van der Waals surface area contributed by atoms with Gasteiger partial charge in [0.05, 0.1) is 11.4 Å². The number of nitrogens with one attached hydrogen (secondary N) is 1. The van der Waals surface area contributed by atoms with Gasteiger partial charge in [0, 0.05) is 3.57 Å². The Labute approximate surface area is 100 Å². The third-order valence-electron chi connectivity index (χ3n) is 1.55. The molecule has 1 rings (SSSR count). The smallest absolute Gasteiger partial charge is 0.209 e. The van der Waals surface area contributed by atoms with E-state index in [4.69, 9.17) is 0 Å². The van der Waals surface area contributed by atoms with Crippen LogP contribution in [0.15, 0.2) is 29.2 Å². The predicted molar refractivity (Wildman–Crippen MR) is 60.4 cm³/mol. The van der Waals surface area contributed by atoms with Crippen LogP contribution < -0.4 is 4.72 Å². The van der Waals surface area contributed by atoms with E-state index in [1.165, 1.54) is 6.07 Å².